The zero-order valence-electron chi connectivity index (χ0n) is 5.37. The molecule has 0 saturated carbocycles. The van der Waals surface area contributed by atoms with E-state index in [9.17, 15) is 4.79 Å². The van der Waals surface area contributed by atoms with E-state index >= 15 is 0 Å². The minimum atomic E-state index is -0.560. The molecule has 1 radical (unpaired) electrons. The van der Waals surface area contributed by atoms with Crippen molar-refractivity contribution in [2.45, 2.75) is 0 Å². The summed E-state index contributed by atoms with van der Waals surface area (Å²) in [4.78, 5) is 14.3. The zero-order chi connectivity index (χ0) is 7.56. The number of carbonyl (C=O) groups excluding carboxylic acids is 1. The maximum Gasteiger partial charge on any atom is 0.360 e. The standard InChI is InChI=1S/C5H6N3O2/c1-10-5(9)3-4(6)8-2-7-3/h2H,6H2,1H3. The molecule has 0 amide bonds. The van der Waals surface area contributed by atoms with Gasteiger partial charge in [0, 0.05) is 0 Å². The summed E-state index contributed by atoms with van der Waals surface area (Å²) in [5.41, 5.74) is 5.31. The molecule has 0 aromatic heterocycles. The van der Waals surface area contributed by atoms with E-state index in [-0.39, 0.29) is 11.5 Å². The highest BCUT2D eigenvalue weighted by Crippen LogP contribution is 2.05. The fraction of sp³-hybridized carbons (Fsp3) is 0.200. The number of methoxy groups -OCH3 is 1. The first kappa shape index (κ1) is 6.60. The lowest BCUT2D eigenvalue weighted by Crippen LogP contribution is -2.12. The summed E-state index contributed by atoms with van der Waals surface area (Å²) in [6.45, 7) is 0. The molecule has 1 aliphatic rings. The van der Waals surface area contributed by atoms with Crippen LogP contribution in [-0.2, 0) is 9.53 Å². The van der Waals surface area contributed by atoms with E-state index in [1.807, 2.05) is 0 Å². The van der Waals surface area contributed by atoms with Gasteiger partial charge in [0.25, 0.3) is 0 Å². The maximum atomic E-state index is 10.7. The van der Waals surface area contributed by atoms with E-state index < -0.39 is 5.97 Å². The van der Waals surface area contributed by atoms with E-state index in [1.165, 1.54) is 13.4 Å². The summed E-state index contributed by atoms with van der Waals surface area (Å²) >= 11 is 0. The van der Waals surface area contributed by atoms with Crippen LogP contribution in [0.5, 0.6) is 0 Å². The molecule has 0 aromatic carbocycles. The molecular formula is C5H6N3O2. The zero-order valence-corrected chi connectivity index (χ0v) is 5.37. The quantitative estimate of drug-likeness (QED) is 0.471. The lowest BCUT2D eigenvalue weighted by molar-refractivity contribution is -0.136. The molecule has 10 heavy (non-hydrogen) atoms. The molecule has 0 bridgehead atoms. The van der Waals surface area contributed by atoms with Gasteiger partial charge in [-0.2, -0.15) is 0 Å². The molecule has 0 atom stereocenters. The number of hydrogen-bond donors (Lipinski definition) is 1. The molecule has 1 aliphatic heterocycles. The van der Waals surface area contributed by atoms with Crippen molar-refractivity contribution in [3.05, 3.63) is 11.5 Å². The van der Waals surface area contributed by atoms with Crippen molar-refractivity contribution in [1.82, 2.24) is 5.32 Å². The van der Waals surface area contributed by atoms with Crippen molar-refractivity contribution < 1.29 is 9.53 Å². The molecule has 53 valence electrons. The van der Waals surface area contributed by atoms with Crippen molar-refractivity contribution >= 4 is 12.3 Å². The third-order valence-electron chi connectivity index (χ3n) is 1.01. The number of nitrogens with two attached hydrogens (primary N) is 1. The molecule has 5 heteroatoms. The number of hydrogen-bond acceptors (Lipinski definition) is 4. The summed E-state index contributed by atoms with van der Waals surface area (Å²) in [5, 5.41) is 3.55. The van der Waals surface area contributed by atoms with Crippen LogP contribution >= 0.6 is 0 Å². The molecule has 1 rings (SSSR count). The number of carbonyl (C=O) groups is 1. The van der Waals surface area contributed by atoms with Crippen LogP contribution in [-0.4, -0.2) is 19.4 Å². The number of aliphatic imine (C=N–C) groups is 1. The summed E-state index contributed by atoms with van der Waals surface area (Å²) in [5.74, 6) is -0.457. The monoisotopic (exact) mass is 140 g/mol. The topological polar surface area (TPSA) is 78.8 Å². The summed E-state index contributed by atoms with van der Waals surface area (Å²) in [6.07, 6.45) is 1.21. The Morgan fingerprint density at radius 2 is 2.50 bits per heavy atom. The molecule has 0 fully saturated rings. The largest absolute Gasteiger partial charge is 0.464 e. The van der Waals surface area contributed by atoms with Crippen molar-refractivity contribution in [2.75, 3.05) is 7.11 Å². The third-order valence-corrected chi connectivity index (χ3v) is 1.01. The van der Waals surface area contributed by atoms with Gasteiger partial charge in [0.15, 0.2) is 11.5 Å². The van der Waals surface area contributed by atoms with Gasteiger partial charge in [-0.25, -0.2) is 15.1 Å². The van der Waals surface area contributed by atoms with Gasteiger partial charge in [0.2, 0.25) is 0 Å². The van der Waals surface area contributed by atoms with Gasteiger partial charge in [-0.15, -0.1) is 0 Å². The van der Waals surface area contributed by atoms with Crippen LogP contribution in [0.4, 0.5) is 0 Å². The lowest BCUT2D eigenvalue weighted by atomic mass is 10.4. The first-order valence-electron chi connectivity index (χ1n) is 2.57. The van der Waals surface area contributed by atoms with Gasteiger partial charge in [-0.05, 0) is 0 Å². The highest BCUT2D eigenvalue weighted by atomic mass is 16.5. The van der Waals surface area contributed by atoms with Crippen LogP contribution in [0.3, 0.4) is 0 Å². The molecular weight excluding hydrogens is 134 g/mol. The molecule has 0 unspecified atom stereocenters. The van der Waals surface area contributed by atoms with E-state index in [2.05, 4.69) is 15.0 Å². The maximum absolute atomic E-state index is 10.7. The number of nitrogens with zero attached hydrogens (tertiary/aromatic N) is 2. The lowest BCUT2D eigenvalue weighted by Gasteiger charge is -1.95. The van der Waals surface area contributed by atoms with Gasteiger partial charge in [0.05, 0.1) is 7.11 Å². The SMILES string of the molecule is COC(=O)C1=C(N)[N]C=N1. The first-order valence-corrected chi connectivity index (χ1v) is 2.57. The Bertz CT molecular complexity index is 219. The second-order valence-corrected chi connectivity index (χ2v) is 1.60. The molecule has 0 aromatic rings. The Morgan fingerprint density at radius 3 is 2.90 bits per heavy atom. The summed E-state index contributed by atoms with van der Waals surface area (Å²) in [7, 11) is 1.26. The van der Waals surface area contributed by atoms with Crippen molar-refractivity contribution in [2.24, 2.45) is 10.7 Å². The molecule has 5 nitrogen and oxygen atoms in total. The van der Waals surface area contributed by atoms with Gasteiger partial charge in [-0.3, -0.25) is 0 Å². The van der Waals surface area contributed by atoms with Crippen LogP contribution in [0, 0.1) is 0 Å². The fourth-order valence-electron chi connectivity index (χ4n) is 0.530. The van der Waals surface area contributed by atoms with Gasteiger partial charge in [0.1, 0.15) is 6.34 Å². The second-order valence-electron chi connectivity index (χ2n) is 1.60. The molecule has 2 N–H and O–H groups in total. The molecule has 0 saturated heterocycles. The fourth-order valence-corrected chi connectivity index (χ4v) is 0.530. The highest BCUT2D eigenvalue weighted by Gasteiger charge is 2.16. The third kappa shape index (κ3) is 0.928. The predicted molar refractivity (Wildman–Crippen MR) is 33.9 cm³/mol. The van der Waals surface area contributed by atoms with Crippen LogP contribution in [0.1, 0.15) is 0 Å². The molecule has 1 heterocycles. The Morgan fingerprint density at radius 1 is 1.80 bits per heavy atom. The summed E-state index contributed by atoms with van der Waals surface area (Å²) in [6, 6.07) is 0. The minimum absolute atomic E-state index is 0.0718. The van der Waals surface area contributed by atoms with Crippen LogP contribution < -0.4 is 11.1 Å². The Kier molecular flexibility index (Phi) is 1.57. The van der Waals surface area contributed by atoms with E-state index in [0.29, 0.717) is 0 Å². The van der Waals surface area contributed by atoms with Crippen molar-refractivity contribution in [1.29, 1.82) is 0 Å². The second kappa shape index (κ2) is 2.38. The molecule has 0 aliphatic carbocycles. The van der Waals surface area contributed by atoms with Crippen LogP contribution in [0.15, 0.2) is 16.5 Å². The average molecular weight is 140 g/mol. The first-order chi connectivity index (χ1) is 4.75. The predicted octanol–water partition coefficient (Wildman–Crippen LogP) is -1.07. The van der Waals surface area contributed by atoms with Crippen LogP contribution in [0.25, 0.3) is 0 Å². The minimum Gasteiger partial charge on any atom is -0.464 e. The molecule has 0 spiro atoms. The van der Waals surface area contributed by atoms with E-state index in [4.69, 9.17) is 5.73 Å². The Balaban J connectivity index is 2.80. The number of esters is 1. The number of ether oxygens (including phenoxy) is 1. The number of rotatable bonds is 1. The van der Waals surface area contributed by atoms with E-state index in [0.717, 1.165) is 0 Å². The van der Waals surface area contributed by atoms with Crippen LogP contribution in [0.2, 0.25) is 0 Å². The van der Waals surface area contributed by atoms with Gasteiger partial charge >= 0.3 is 5.97 Å². The van der Waals surface area contributed by atoms with Crippen molar-refractivity contribution in [3.63, 3.8) is 0 Å². The average Bonchev–Trinajstić information content (AvgIpc) is 2.34. The van der Waals surface area contributed by atoms with Crippen molar-refractivity contribution in [3.8, 4) is 0 Å². The summed E-state index contributed by atoms with van der Waals surface area (Å²) < 4.78 is 4.35. The van der Waals surface area contributed by atoms with Gasteiger partial charge in [-0.1, -0.05) is 0 Å². The van der Waals surface area contributed by atoms with E-state index in [1.54, 1.807) is 0 Å². The normalized spacial score (nSPS) is 15.3. The Labute approximate surface area is 57.6 Å². The highest BCUT2D eigenvalue weighted by molar-refractivity contribution is 5.92. The smallest absolute Gasteiger partial charge is 0.360 e. The Hall–Kier alpha value is -1.52. The van der Waals surface area contributed by atoms with Gasteiger partial charge < -0.3 is 10.5 Å².